The summed E-state index contributed by atoms with van der Waals surface area (Å²) in [5.74, 6) is 0. The van der Waals surface area contributed by atoms with Crippen LogP contribution in [0.5, 0.6) is 0 Å². The number of aromatic nitrogens is 1. The van der Waals surface area contributed by atoms with Crippen LogP contribution in [0.2, 0.25) is 0 Å². The van der Waals surface area contributed by atoms with E-state index in [2.05, 4.69) is 10.3 Å². The molecule has 1 fully saturated rings. The van der Waals surface area contributed by atoms with E-state index in [1.54, 1.807) is 11.3 Å². The van der Waals surface area contributed by atoms with Crippen LogP contribution in [0.1, 0.15) is 22.3 Å². The van der Waals surface area contributed by atoms with Crippen LogP contribution in [-0.4, -0.2) is 11.5 Å². The highest BCUT2D eigenvalue weighted by Crippen LogP contribution is 2.26. The molecular weight excluding hydrogens is 144 g/mol. The Morgan fingerprint density at radius 3 is 3.00 bits per heavy atom. The van der Waals surface area contributed by atoms with Crippen molar-refractivity contribution < 1.29 is 0 Å². The summed E-state index contributed by atoms with van der Waals surface area (Å²) in [5.41, 5.74) is 0. The number of thiazole rings is 1. The van der Waals surface area contributed by atoms with Crippen molar-refractivity contribution in [3.63, 3.8) is 0 Å². The zero-order valence-corrected chi connectivity index (χ0v) is 6.74. The van der Waals surface area contributed by atoms with Crippen molar-refractivity contribution in [2.75, 3.05) is 6.54 Å². The minimum atomic E-state index is 0.617. The largest absolute Gasteiger partial charge is 0.309 e. The molecule has 2 rings (SSSR count). The maximum atomic E-state index is 4.20. The second-order valence-corrected chi connectivity index (χ2v) is 3.84. The Morgan fingerprint density at radius 1 is 1.80 bits per heavy atom. The monoisotopic (exact) mass is 154 g/mol. The molecule has 0 radical (unpaired) electrons. The molecule has 0 aliphatic carbocycles. The van der Waals surface area contributed by atoms with Crippen molar-refractivity contribution in [3.8, 4) is 0 Å². The van der Waals surface area contributed by atoms with Gasteiger partial charge in [-0.1, -0.05) is 0 Å². The van der Waals surface area contributed by atoms with Crippen LogP contribution in [0.3, 0.4) is 0 Å². The van der Waals surface area contributed by atoms with E-state index in [0.717, 1.165) is 0 Å². The van der Waals surface area contributed by atoms with E-state index < -0.39 is 0 Å². The summed E-state index contributed by atoms with van der Waals surface area (Å²) < 4.78 is 0. The van der Waals surface area contributed by atoms with Crippen LogP contribution < -0.4 is 5.32 Å². The van der Waals surface area contributed by atoms with Gasteiger partial charge in [0.1, 0.15) is 0 Å². The standard InChI is InChI=1S/C7H10N2S/c1-5-9-4-7(10-5)6-2-3-8-6/h4,6,8H,2-3H2,1H3. The summed E-state index contributed by atoms with van der Waals surface area (Å²) in [5, 5.41) is 4.52. The molecular formula is C7H10N2S. The maximum absolute atomic E-state index is 4.20. The quantitative estimate of drug-likeness (QED) is 0.663. The van der Waals surface area contributed by atoms with Gasteiger partial charge in [0.2, 0.25) is 0 Å². The van der Waals surface area contributed by atoms with Crippen LogP contribution >= 0.6 is 11.3 Å². The third-order valence-electron chi connectivity index (χ3n) is 1.81. The molecule has 1 atom stereocenters. The first-order chi connectivity index (χ1) is 4.86. The van der Waals surface area contributed by atoms with Crippen LogP contribution in [0.15, 0.2) is 6.20 Å². The lowest BCUT2D eigenvalue weighted by molar-refractivity contribution is 0.388. The Bertz CT molecular complexity index is 227. The van der Waals surface area contributed by atoms with E-state index in [9.17, 15) is 0 Å². The zero-order valence-electron chi connectivity index (χ0n) is 5.92. The first kappa shape index (κ1) is 6.31. The summed E-state index contributed by atoms with van der Waals surface area (Å²) >= 11 is 1.80. The summed E-state index contributed by atoms with van der Waals surface area (Å²) in [7, 11) is 0. The lowest BCUT2D eigenvalue weighted by atomic mass is 10.1. The van der Waals surface area contributed by atoms with Crippen molar-refractivity contribution in [1.29, 1.82) is 0 Å². The van der Waals surface area contributed by atoms with Crippen molar-refractivity contribution in [2.24, 2.45) is 0 Å². The Kier molecular flexibility index (Phi) is 1.47. The van der Waals surface area contributed by atoms with E-state index in [0.29, 0.717) is 6.04 Å². The first-order valence-corrected chi connectivity index (χ1v) is 4.33. The second-order valence-electron chi connectivity index (χ2n) is 2.58. The Morgan fingerprint density at radius 2 is 2.60 bits per heavy atom. The lowest BCUT2D eigenvalue weighted by Gasteiger charge is -2.25. The second kappa shape index (κ2) is 2.32. The lowest BCUT2D eigenvalue weighted by Crippen LogP contribution is -2.34. The number of nitrogens with zero attached hydrogens (tertiary/aromatic N) is 1. The highest BCUT2D eigenvalue weighted by atomic mass is 32.1. The zero-order chi connectivity index (χ0) is 6.97. The topological polar surface area (TPSA) is 24.9 Å². The van der Waals surface area contributed by atoms with Gasteiger partial charge in [0.15, 0.2) is 0 Å². The molecule has 1 N–H and O–H groups in total. The fourth-order valence-electron chi connectivity index (χ4n) is 1.07. The maximum Gasteiger partial charge on any atom is 0.0897 e. The minimum Gasteiger partial charge on any atom is -0.309 e. The Balaban J connectivity index is 2.17. The van der Waals surface area contributed by atoms with Gasteiger partial charge in [-0.05, 0) is 19.9 Å². The van der Waals surface area contributed by atoms with Gasteiger partial charge in [0.05, 0.1) is 5.01 Å². The number of aryl methyl sites for hydroxylation is 1. The van der Waals surface area contributed by atoms with Gasteiger partial charge in [-0.2, -0.15) is 0 Å². The van der Waals surface area contributed by atoms with Crippen molar-refractivity contribution in [1.82, 2.24) is 10.3 Å². The molecule has 0 amide bonds. The van der Waals surface area contributed by atoms with E-state index >= 15 is 0 Å². The van der Waals surface area contributed by atoms with Gasteiger partial charge in [-0.15, -0.1) is 11.3 Å². The Labute approximate surface area is 64.3 Å². The molecule has 1 unspecified atom stereocenters. The summed E-state index contributed by atoms with van der Waals surface area (Å²) in [6.07, 6.45) is 3.26. The number of hydrogen-bond acceptors (Lipinski definition) is 3. The van der Waals surface area contributed by atoms with Crippen molar-refractivity contribution >= 4 is 11.3 Å². The summed E-state index contributed by atoms with van der Waals surface area (Å²) in [6, 6.07) is 0.617. The smallest absolute Gasteiger partial charge is 0.0897 e. The third-order valence-corrected chi connectivity index (χ3v) is 2.83. The number of hydrogen-bond donors (Lipinski definition) is 1. The predicted molar refractivity (Wildman–Crippen MR) is 42.2 cm³/mol. The summed E-state index contributed by atoms with van der Waals surface area (Å²) in [4.78, 5) is 5.59. The predicted octanol–water partition coefficient (Wildman–Crippen LogP) is 1.49. The van der Waals surface area contributed by atoms with Crippen LogP contribution in [0.4, 0.5) is 0 Å². The van der Waals surface area contributed by atoms with Crippen molar-refractivity contribution in [2.45, 2.75) is 19.4 Å². The molecule has 1 aromatic heterocycles. The molecule has 3 heteroatoms. The molecule has 1 aliphatic rings. The van der Waals surface area contributed by atoms with Gasteiger partial charge < -0.3 is 5.32 Å². The number of rotatable bonds is 1. The van der Waals surface area contributed by atoms with Gasteiger partial charge in [-0.25, -0.2) is 4.98 Å². The molecule has 0 aromatic carbocycles. The Hall–Kier alpha value is -0.410. The molecule has 2 nitrogen and oxygen atoms in total. The fraction of sp³-hybridized carbons (Fsp3) is 0.571. The van der Waals surface area contributed by atoms with Gasteiger partial charge in [0.25, 0.3) is 0 Å². The average Bonchev–Trinajstić information content (AvgIpc) is 2.10. The molecule has 0 bridgehead atoms. The summed E-state index contributed by atoms with van der Waals surface area (Å²) in [6.45, 7) is 3.22. The van der Waals surface area contributed by atoms with Crippen LogP contribution in [0.25, 0.3) is 0 Å². The number of nitrogens with one attached hydrogen (secondary N) is 1. The highest BCUT2D eigenvalue weighted by Gasteiger charge is 2.19. The van der Waals surface area contributed by atoms with Crippen molar-refractivity contribution in [3.05, 3.63) is 16.1 Å². The van der Waals surface area contributed by atoms with E-state index in [-0.39, 0.29) is 0 Å². The third kappa shape index (κ3) is 0.954. The normalized spacial score (nSPS) is 24.3. The molecule has 10 heavy (non-hydrogen) atoms. The van der Waals surface area contributed by atoms with E-state index in [4.69, 9.17) is 0 Å². The molecule has 1 saturated heterocycles. The van der Waals surface area contributed by atoms with Crippen LogP contribution in [-0.2, 0) is 0 Å². The van der Waals surface area contributed by atoms with E-state index in [1.807, 2.05) is 13.1 Å². The molecule has 2 heterocycles. The molecule has 0 saturated carbocycles. The van der Waals surface area contributed by atoms with Gasteiger partial charge in [-0.3, -0.25) is 0 Å². The minimum absolute atomic E-state index is 0.617. The van der Waals surface area contributed by atoms with E-state index in [1.165, 1.54) is 22.9 Å². The van der Waals surface area contributed by atoms with Gasteiger partial charge in [0, 0.05) is 17.1 Å². The van der Waals surface area contributed by atoms with Crippen LogP contribution in [0, 0.1) is 6.92 Å². The molecule has 1 aliphatic heterocycles. The average molecular weight is 154 g/mol. The SMILES string of the molecule is Cc1ncc(C2CCN2)s1. The molecule has 54 valence electrons. The first-order valence-electron chi connectivity index (χ1n) is 3.52. The molecule has 1 aromatic rings. The highest BCUT2D eigenvalue weighted by molar-refractivity contribution is 7.11. The fourth-order valence-corrected chi connectivity index (χ4v) is 1.97. The van der Waals surface area contributed by atoms with Gasteiger partial charge >= 0.3 is 0 Å². The molecule has 0 spiro atoms.